The Morgan fingerprint density at radius 2 is 2.04 bits per heavy atom. The third-order valence-corrected chi connectivity index (χ3v) is 6.02. The van der Waals surface area contributed by atoms with Crippen molar-refractivity contribution >= 4 is 11.6 Å². The first-order chi connectivity index (χ1) is 11.5. The summed E-state index contributed by atoms with van der Waals surface area (Å²) in [5.74, 6) is 0.153. The van der Waals surface area contributed by atoms with Gasteiger partial charge in [0.15, 0.2) is 0 Å². The van der Waals surface area contributed by atoms with Crippen molar-refractivity contribution in [1.29, 1.82) is 0 Å². The van der Waals surface area contributed by atoms with Gasteiger partial charge in [-0.2, -0.15) is 5.10 Å². The molecule has 1 atom stereocenters. The standard InChI is InChI=1S/C20H25N3O/c1-13-20(2,3)15-9-5-7-11-18(15)23(13)19(24)12-17-14-8-4-6-10-16(14)21-22-17/h5,7,9,11,13H,4,6,8,10,12H2,1-3H3,(H,21,22). The number of aromatic amines is 1. The molecule has 4 rings (SSSR count). The van der Waals surface area contributed by atoms with E-state index in [1.54, 1.807) is 0 Å². The van der Waals surface area contributed by atoms with Crippen LogP contribution in [0.15, 0.2) is 24.3 Å². The van der Waals surface area contributed by atoms with E-state index in [1.807, 2.05) is 11.0 Å². The Balaban J connectivity index is 1.65. The van der Waals surface area contributed by atoms with E-state index in [9.17, 15) is 4.79 Å². The number of fused-ring (bicyclic) bond motifs is 2. The molecule has 1 aliphatic carbocycles. The summed E-state index contributed by atoms with van der Waals surface area (Å²) in [5.41, 5.74) is 5.76. The van der Waals surface area contributed by atoms with Gasteiger partial charge < -0.3 is 4.90 Å². The second-order valence-corrected chi connectivity index (χ2v) is 7.69. The van der Waals surface area contributed by atoms with Crippen molar-refractivity contribution in [3.8, 4) is 0 Å². The van der Waals surface area contributed by atoms with Crippen LogP contribution in [0.3, 0.4) is 0 Å². The van der Waals surface area contributed by atoms with E-state index in [4.69, 9.17) is 0 Å². The fourth-order valence-corrected chi connectivity index (χ4v) is 4.26. The van der Waals surface area contributed by atoms with E-state index in [0.717, 1.165) is 24.2 Å². The average molecular weight is 323 g/mol. The number of aryl methyl sites for hydroxylation is 1. The van der Waals surface area contributed by atoms with Crippen LogP contribution in [0.2, 0.25) is 0 Å². The van der Waals surface area contributed by atoms with Crippen molar-refractivity contribution in [3.63, 3.8) is 0 Å². The molecule has 2 aromatic rings. The van der Waals surface area contributed by atoms with E-state index < -0.39 is 0 Å². The van der Waals surface area contributed by atoms with Gasteiger partial charge in [-0.25, -0.2) is 0 Å². The van der Waals surface area contributed by atoms with Gasteiger partial charge in [0.2, 0.25) is 5.91 Å². The molecule has 0 bridgehead atoms. The van der Waals surface area contributed by atoms with Crippen molar-refractivity contribution in [2.75, 3.05) is 4.90 Å². The average Bonchev–Trinajstić information content (AvgIpc) is 3.06. The number of aromatic nitrogens is 2. The van der Waals surface area contributed by atoms with Crippen LogP contribution >= 0.6 is 0 Å². The molecule has 4 heteroatoms. The Bertz CT molecular complexity index is 790. The number of carbonyl (C=O) groups excluding carboxylic acids is 1. The first-order valence-electron chi connectivity index (χ1n) is 8.96. The first-order valence-corrected chi connectivity index (χ1v) is 8.96. The van der Waals surface area contributed by atoms with Crippen LogP contribution in [0.4, 0.5) is 5.69 Å². The van der Waals surface area contributed by atoms with E-state index in [0.29, 0.717) is 6.42 Å². The molecule has 0 spiro atoms. The largest absolute Gasteiger partial charge is 0.308 e. The van der Waals surface area contributed by atoms with Crippen LogP contribution in [0, 0.1) is 0 Å². The number of rotatable bonds is 2. The molecule has 24 heavy (non-hydrogen) atoms. The van der Waals surface area contributed by atoms with Gasteiger partial charge in [0, 0.05) is 22.8 Å². The Morgan fingerprint density at radius 3 is 2.88 bits per heavy atom. The van der Waals surface area contributed by atoms with Crippen LogP contribution in [0.1, 0.15) is 56.1 Å². The molecule has 1 unspecified atom stereocenters. The summed E-state index contributed by atoms with van der Waals surface area (Å²) in [6.45, 7) is 6.60. The minimum atomic E-state index is -0.0305. The smallest absolute Gasteiger partial charge is 0.233 e. The summed E-state index contributed by atoms with van der Waals surface area (Å²) >= 11 is 0. The Morgan fingerprint density at radius 1 is 1.29 bits per heavy atom. The minimum Gasteiger partial charge on any atom is -0.308 e. The van der Waals surface area contributed by atoms with Crippen molar-refractivity contribution in [2.45, 2.75) is 64.3 Å². The molecule has 0 fully saturated rings. The van der Waals surface area contributed by atoms with Crippen molar-refractivity contribution in [1.82, 2.24) is 10.2 Å². The summed E-state index contributed by atoms with van der Waals surface area (Å²) in [5, 5.41) is 7.60. The fourth-order valence-electron chi connectivity index (χ4n) is 4.26. The quantitative estimate of drug-likeness (QED) is 0.919. The molecule has 1 aliphatic heterocycles. The number of anilines is 1. The molecule has 2 heterocycles. The zero-order valence-corrected chi connectivity index (χ0v) is 14.7. The molecule has 0 radical (unpaired) electrons. The lowest BCUT2D eigenvalue weighted by Gasteiger charge is -2.30. The summed E-state index contributed by atoms with van der Waals surface area (Å²) in [4.78, 5) is 15.1. The lowest BCUT2D eigenvalue weighted by atomic mass is 9.81. The summed E-state index contributed by atoms with van der Waals surface area (Å²) in [6.07, 6.45) is 4.91. The fraction of sp³-hybridized carbons (Fsp3) is 0.500. The summed E-state index contributed by atoms with van der Waals surface area (Å²) in [6, 6.07) is 8.44. The van der Waals surface area contributed by atoms with Crippen LogP contribution in [-0.4, -0.2) is 22.1 Å². The maximum absolute atomic E-state index is 13.1. The predicted octanol–water partition coefficient (Wildman–Crippen LogP) is 3.54. The van der Waals surface area contributed by atoms with Gasteiger partial charge in [0.05, 0.1) is 12.1 Å². The highest BCUT2D eigenvalue weighted by atomic mass is 16.2. The van der Waals surface area contributed by atoms with Gasteiger partial charge in [-0.3, -0.25) is 9.89 Å². The predicted molar refractivity (Wildman–Crippen MR) is 95.3 cm³/mol. The number of H-pyrrole nitrogens is 1. The molecule has 4 nitrogen and oxygen atoms in total. The number of carbonyl (C=O) groups is 1. The molecule has 1 aromatic carbocycles. The molecule has 0 saturated heterocycles. The maximum atomic E-state index is 13.1. The Kier molecular flexibility index (Phi) is 3.52. The van der Waals surface area contributed by atoms with Gasteiger partial charge in [-0.15, -0.1) is 0 Å². The number of hydrogen-bond acceptors (Lipinski definition) is 2. The highest BCUT2D eigenvalue weighted by Crippen LogP contribution is 2.45. The lowest BCUT2D eigenvalue weighted by Crippen LogP contribution is -2.43. The van der Waals surface area contributed by atoms with Crippen molar-refractivity contribution in [3.05, 3.63) is 46.8 Å². The highest BCUT2D eigenvalue weighted by molar-refractivity contribution is 5.98. The molecular weight excluding hydrogens is 298 g/mol. The van der Waals surface area contributed by atoms with Gasteiger partial charge in [0.25, 0.3) is 0 Å². The molecule has 1 aromatic heterocycles. The maximum Gasteiger partial charge on any atom is 0.233 e. The zero-order chi connectivity index (χ0) is 16.9. The molecular formula is C20H25N3O. The van der Waals surface area contributed by atoms with Crippen LogP contribution in [0.25, 0.3) is 0 Å². The SMILES string of the molecule is CC1N(C(=O)Cc2n[nH]c3c2CCCC3)c2ccccc2C1(C)C. The van der Waals surface area contributed by atoms with Crippen LogP contribution in [-0.2, 0) is 29.5 Å². The van der Waals surface area contributed by atoms with Crippen molar-refractivity contribution in [2.24, 2.45) is 0 Å². The molecule has 0 saturated carbocycles. The van der Waals surface area contributed by atoms with E-state index >= 15 is 0 Å². The number of nitrogens with one attached hydrogen (secondary N) is 1. The second-order valence-electron chi connectivity index (χ2n) is 7.69. The molecule has 1 amide bonds. The monoisotopic (exact) mass is 323 g/mol. The number of benzene rings is 1. The third kappa shape index (κ3) is 2.20. The first kappa shape index (κ1) is 15.4. The summed E-state index contributed by atoms with van der Waals surface area (Å²) in [7, 11) is 0. The highest BCUT2D eigenvalue weighted by Gasteiger charge is 2.44. The number of para-hydroxylation sites is 1. The van der Waals surface area contributed by atoms with E-state index in [1.165, 1.54) is 29.7 Å². The lowest BCUT2D eigenvalue weighted by molar-refractivity contribution is -0.118. The van der Waals surface area contributed by atoms with E-state index in [-0.39, 0.29) is 17.4 Å². The second kappa shape index (κ2) is 5.47. The normalized spacial score (nSPS) is 21.5. The van der Waals surface area contributed by atoms with Gasteiger partial charge >= 0.3 is 0 Å². The Labute approximate surface area is 143 Å². The number of nitrogens with zero attached hydrogens (tertiary/aromatic N) is 2. The minimum absolute atomic E-state index is 0.0305. The molecule has 126 valence electrons. The van der Waals surface area contributed by atoms with Crippen LogP contribution < -0.4 is 4.90 Å². The summed E-state index contributed by atoms with van der Waals surface area (Å²) < 4.78 is 0. The van der Waals surface area contributed by atoms with Gasteiger partial charge in [0.1, 0.15) is 0 Å². The van der Waals surface area contributed by atoms with Gasteiger partial charge in [-0.05, 0) is 49.8 Å². The Hall–Kier alpha value is -2.10. The van der Waals surface area contributed by atoms with E-state index in [2.05, 4.69) is 49.2 Å². The van der Waals surface area contributed by atoms with Crippen LogP contribution in [0.5, 0.6) is 0 Å². The number of hydrogen-bond donors (Lipinski definition) is 1. The topological polar surface area (TPSA) is 49.0 Å². The zero-order valence-electron chi connectivity index (χ0n) is 14.7. The third-order valence-electron chi connectivity index (χ3n) is 6.02. The van der Waals surface area contributed by atoms with Crippen molar-refractivity contribution < 1.29 is 4.79 Å². The molecule has 2 aliphatic rings. The van der Waals surface area contributed by atoms with Gasteiger partial charge in [-0.1, -0.05) is 32.0 Å². The number of amides is 1. The molecule has 1 N–H and O–H groups in total.